The summed E-state index contributed by atoms with van der Waals surface area (Å²) in [5.74, 6) is -1.03. The molecular weight excluding hydrogens is 425 g/mol. The molecule has 1 saturated heterocycles. The fourth-order valence-electron chi connectivity index (χ4n) is 3.90. The summed E-state index contributed by atoms with van der Waals surface area (Å²) in [6.07, 6.45) is 2.89. The van der Waals surface area contributed by atoms with E-state index in [2.05, 4.69) is 15.4 Å². The number of hydrogen-bond acceptors (Lipinski definition) is 6. The minimum atomic E-state index is -0.678. The van der Waals surface area contributed by atoms with Crippen LogP contribution in [-0.4, -0.2) is 59.9 Å². The first kappa shape index (κ1) is 22.5. The number of benzene rings is 2. The Morgan fingerprint density at radius 3 is 2.55 bits per heavy atom. The van der Waals surface area contributed by atoms with E-state index in [9.17, 15) is 14.7 Å². The van der Waals surface area contributed by atoms with Crippen molar-refractivity contribution < 1.29 is 14.3 Å². The molecule has 1 aromatic heterocycles. The molecule has 0 aliphatic carbocycles. The van der Waals surface area contributed by atoms with Crippen molar-refractivity contribution in [3.63, 3.8) is 0 Å². The highest BCUT2D eigenvalue weighted by Gasteiger charge is 2.21. The zero-order chi connectivity index (χ0) is 23.5. The SMILES string of the molecule is CCn1cc(C(=O)NN=Cc2ccc(O)cc2)c(=O)c2cc(F)c(N3CCN(C)CC3)cc21. The topological polar surface area (TPSA) is 90.2 Å². The van der Waals surface area contributed by atoms with E-state index in [-0.39, 0.29) is 16.7 Å². The molecule has 3 aromatic rings. The lowest BCUT2D eigenvalue weighted by Gasteiger charge is -2.34. The molecule has 0 saturated carbocycles. The molecule has 0 unspecified atom stereocenters. The number of pyridine rings is 1. The minimum Gasteiger partial charge on any atom is -0.508 e. The van der Waals surface area contributed by atoms with Gasteiger partial charge in [-0.1, -0.05) is 0 Å². The summed E-state index contributed by atoms with van der Waals surface area (Å²) in [6, 6.07) is 9.19. The number of carbonyl (C=O) groups is 1. The molecule has 0 bridgehead atoms. The van der Waals surface area contributed by atoms with Crippen LogP contribution in [0.2, 0.25) is 0 Å². The van der Waals surface area contributed by atoms with Gasteiger partial charge >= 0.3 is 0 Å². The predicted octanol–water partition coefficient (Wildman–Crippen LogP) is 2.38. The molecule has 1 aliphatic rings. The van der Waals surface area contributed by atoms with E-state index < -0.39 is 17.2 Å². The zero-order valence-electron chi connectivity index (χ0n) is 18.6. The second-order valence-electron chi connectivity index (χ2n) is 8.06. The number of piperazine rings is 1. The molecule has 2 N–H and O–H groups in total. The number of anilines is 1. The number of amides is 1. The van der Waals surface area contributed by atoms with Crippen LogP contribution in [-0.2, 0) is 6.54 Å². The molecule has 1 aliphatic heterocycles. The molecule has 0 spiro atoms. The Morgan fingerprint density at radius 2 is 1.88 bits per heavy atom. The van der Waals surface area contributed by atoms with Crippen LogP contribution in [0.15, 0.2) is 52.5 Å². The number of hydrazone groups is 1. The molecule has 172 valence electrons. The summed E-state index contributed by atoms with van der Waals surface area (Å²) in [4.78, 5) is 29.9. The monoisotopic (exact) mass is 451 g/mol. The summed E-state index contributed by atoms with van der Waals surface area (Å²) >= 11 is 0. The first-order valence-corrected chi connectivity index (χ1v) is 10.8. The van der Waals surface area contributed by atoms with Gasteiger partial charge < -0.3 is 19.5 Å². The number of aryl methyl sites for hydroxylation is 1. The fourth-order valence-corrected chi connectivity index (χ4v) is 3.90. The van der Waals surface area contributed by atoms with Gasteiger partial charge in [-0.3, -0.25) is 9.59 Å². The van der Waals surface area contributed by atoms with Crippen LogP contribution in [0.3, 0.4) is 0 Å². The number of nitrogens with one attached hydrogen (secondary N) is 1. The van der Waals surface area contributed by atoms with Crippen LogP contribution in [0.25, 0.3) is 10.9 Å². The van der Waals surface area contributed by atoms with E-state index in [1.165, 1.54) is 30.6 Å². The standard InChI is InChI=1S/C24H26FN5O3/c1-3-29-15-19(24(33)27-26-14-16-4-6-17(31)7-5-16)23(32)18-12-20(25)22(13-21(18)29)30-10-8-28(2)9-11-30/h4-7,12-15,31H,3,8-11H2,1-2H3,(H,27,33). The van der Waals surface area contributed by atoms with Crippen LogP contribution in [0, 0.1) is 5.82 Å². The predicted molar refractivity (Wildman–Crippen MR) is 127 cm³/mol. The summed E-state index contributed by atoms with van der Waals surface area (Å²) in [5, 5.41) is 13.4. The molecular formula is C24H26FN5O3. The van der Waals surface area contributed by atoms with Crippen LogP contribution < -0.4 is 15.8 Å². The normalized spacial score (nSPS) is 14.8. The number of hydrogen-bond donors (Lipinski definition) is 2. The van der Waals surface area contributed by atoms with Crippen molar-refractivity contribution in [1.29, 1.82) is 0 Å². The van der Waals surface area contributed by atoms with E-state index >= 15 is 4.39 Å². The second-order valence-corrected chi connectivity index (χ2v) is 8.06. The van der Waals surface area contributed by atoms with Crippen molar-refractivity contribution >= 4 is 28.7 Å². The van der Waals surface area contributed by atoms with Gasteiger partial charge in [0.05, 0.1) is 17.4 Å². The highest BCUT2D eigenvalue weighted by Crippen LogP contribution is 2.26. The Balaban J connectivity index is 1.65. The van der Waals surface area contributed by atoms with Crippen molar-refractivity contribution in [1.82, 2.24) is 14.9 Å². The van der Waals surface area contributed by atoms with E-state index in [0.29, 0.717) is 36.4 Å². The van der Waals surface area contributed by atoms with Gasteiger partial charge in [-0.25, -0.2) is 9.82 Å². The van der Waals surface area contributed by atoms with Gasteiger partial charge in [-0.05, 0) is 55.9 Å². The van der Waals surface area contributed by atoms with Gasteiger partial charge in [0.1, 0.15) is 17.1 Å². The van der Waals surface area contributed by atoms with Crippen molar-refractivity contribution in [3.05, 3.63) is 69.8 Å². The van der Waals surface area contributed by atoms with Crippen molar-refractivity contribution in [2.24, 2.45) is 5.10 Å². The largest absolute Gasteiger partial charge is 0.508 e. The van der Waals surface area contributed by atoms with Crippen molar-refractivity contribution in [3.8, 4) is 5.75 Å². The third-order valence-electron chi connectivity index (χ3n) is 5.85. The lowest BCUT2D eigenvalue weighted by Crippen LogP contribution is -2.44. The lowest BCUT2D eigenvalue weighted by molar-refractivity contribution is 0.0953. The van der Waals surface area contributed by atoms with E-state index in [1.807, 2.05) is 18.9 Å². The average molecular weight is 452 g/mol. The molecule has 1 fully saturated rings. The molecule has 0 atom stereocenters. The lowest BCUT2D eigenvalue weighted by atomic mass is 10.1. The third kappa shape index (κ3) is 4.73. The number of aromatic nitrogens is 1. The minimum absolute atomic E-state index is 0.112. The summed E-state index contributed by atoms with van der Waals surface area (Å²) in [5.41, 5.74) is 3.41. The number of aromatic hydroxyl groups is 1. The Morgan fingerprint density at radius 1 is 1.18 bits per heavy atom. The first-order valence-electron chi connectivity index (χ1n) is 10.8. The van der Waals surface area contributed by atoms with Crippen LogP contribution >= 0.6 is 0 Å². The molecule has 2 heterocycles. The number of carbonyl (C=O) groups excluding carboxylic acids is 1. The molecule has 2 aromatic carbocycles. The number of halogens is 1. The maximum atomic E-state index is 15.0. The average Bonchev–Trinajstić information content (AvgIpc) is 2.81. The quantitative estimate of drug-likeness (QED) is 0.459. The van der Waals surface area contributed by atoms with E-state index in [0.717, 1.165) is 13.1 Å². The molecule has 9 heteroatoms. The first-order chi connectivity index (χ1) is 15.9. The van der Waals surface area contributed by atoms with Gasteiger partial charge in [0.15, 0.2) is 0 Å². The van der Waals surface area contributed by atoms with Gasteiger partial charge in [-0.15, -0.1) is 0 Å². The molecule has 4 rings (SSSR count). The van der Waals surface area contributed by atoms with Gasteiger partial charge in [0, 0.05) is 44.3 Å². The molecule has 8 nitrogen and oxygen atoms in total. The van der Waals surface area contributed by atoms with Gasteiger partial charge in [0.25, 0.3) is 5.91 Å². The maximum Gasteiger partial charge on any atom is 0.276 e. The Hall–Kier alpha value is -3.72. The van der Waals surface area contributed by atoms with Crippen molar-refractivity contribution in [2.45, 2.75) is 13.5 Å². The number of rotatable bonds is 5. The zero-order valence-corrected chi connectivity index (χ0v) is 18.6. The molecule has 1 amide bonds. The fraction of sp³-hybridized carbons (Fsp3) is 0.292. The smallest absolute Gasteiger partial charge is 0.276 e. The molecule has 33 heavy (non-hydrogen) atoms. The van der Waals surface area contributed by atoms with Crippen LogP contribution in [0.4, 0.5) is 10.1 Å². The Kier molecular flexibility index (Phi) is 6.41. The summed E-state index contributed by atoms with van der Waals surface area (Å²) < 4.78 is 16.8. The Labute approximate surface area is 190 Å². The summed E-state index contributed by atoms with van der Waals surface area (Å²) in [6.45, 7) is 5.47. The third-order valence-corrected chi connectivity index (χ3v) is 5.85. The number of likely N-dealkylation sites (N-methyl/N-ethyl adjacent to an activating group) is 1. The van der Waals surface area contributed by atoms with Gasteiger partial charge in [0.2, 0.25) is 5.43 Å². The highest BCUT2D eigenvalue weighted by atomic mass is 19.1. The Bertz CT molecular complexity index is 1260. The van der Waals surface area contributed by atoms with E-state index in [4.69, 9.17) is 0 Å². The van der Waals surface area contributed by atoms with Crippen LogP contribution in [0.5, 0.6) is 5.75 Å². The molecule has 0 radical (unpaired) electrons. The highest BCUT2D eigenvalue weighted by molar-refractivity contribution is 5.98. The summed E-state index contributed by atoms with van der Waals surface area (Å²) in [7, 11) is 2.03. The van der Waals surface area contributed by atoms with Gasteiger partial charge in [-0.2, -0.15) is 5.10 Å². The van der Waals surface area contributed by atoms with Crippen molar-refractivity contribution in [2.75, 3.05) is 38.1 Å². The number of fused-ring (bicyclic) bond motifs is 1. The van der Waals surface area contributed by atoms with Crippen LogP contribution in [0.1, 0.15) is 22.8 Å². The number of phenols is 1. The maximum absolute atomic E-state index is 15.0. The van der Waals surface area contributed by atoms with E-state index in [1.54, 1.807) is 22.8 Å². The second kappa shape index (κ2) is 9.41. The number of phenolic OH excluding ortho intramolecular Hbond substituents is 1. The number of nitrogens with zero attached hydrogens (tertiary/aromatic N) is 4.